The number of nitrogens with one attached hydrogen (secondary N) is 1. The number of aromatic nitrogens is 1. The highest BCUT2D eigenvalue weighted by Gasteiger charge is 2.17. The quantitative estimate of drug-likeness (QED) is 0.532. The van der Waals surface area contributed by atoms with Crippen molar-refractivity contribution in [1.29, 1.82) is 0 Å². The van der Waals surface area contributed by atoms with Gasteiger partial charge >= 0.3 is 0 Å². The Bertz CT molecular complexity index is 1200. The second-order valence-corrected chi connectivity index (χ2v) is 6.82. The van der Waals surface area contributed by atoms with E-state index >= 15 is 0 Å². The van der Waals surface area contributed by atoms with Gasteiger partial charge in [0.15, 0.2) is 0 Å². The predicted octanol–water partition coefficient (Wildman–Crippen LogP) is 3.89. The molecule has 29 heavy (non-hydrogen) atoms. The summed E-state index contributed by atoms with van der Waals surface area (Å²) in [4.78, 5) is 25.6. The molecule has 5 heteroatoms. The fourth-order valence-electron chi connectivity index (χ4n) is 3.35. The number of fused-ring (bicyclic) bond motifs is 1. The van der Waals surface area contributed by atoms with E-state index in [1.54, 1.807) is 16.6 Å². The van der Waals surface area contributed by atoms with Crippen molar-refractivity contribution in [3.63, 3.8) is 0 Å². The molecule has 4 aromatic rings. The van der Waals surface area contributed by atoms with E-state index in [9.17, 15) is 9.59 Å². The molecule has 1 amide bonds. The molecular weight excluding hydrogens is 362 g/mol. The van der Waals surface area contributed by atoms with E-state index in [4.69, 9.17) is 0 Å². The van der Waals surface area contributed by atoms with Gasteiger partial charge in [-0.1, -0.05) is 66.7 Å². The Morgan fingerprint density at radius 2 is 1.52 bits per heavy atom. The van der Waals surface area contributed by atoms with Gasteiger partial charge in [-0.05, 0) is 23.8 Å². The van der Waals surface area contributed by atoms with Gasteiger partial charge in [0.25, 0.3) is 11.5 Å². The summed E-state index contributed by atoms with van der Waals surface area (Å²) in [7, 11) is 1.71. The summed E-state index contributed by atoms with van der Waals surface area (Å²) in [6.07, 6.45) is 0. The zero-order valence-corrected chi connectivity index (χ0v) is 16.1. The van der Waals surface area contributed by atoms with Gasteiger partial charge in [-0.25, -0.2) is 0 Å². The lowest BCUT2D eigenvalue weighted by atomic mass is 10.1. The number of rotatable bonds is 5. The van der Waals surface area contributed by atoms with Gasteiger partial charge in [0.05, 0.1) is 23.3 Å². The molecule has 1 N–H and O–H groups in total. The Hall–Kier alpha value is -3.86. The molecule has 0 atom stereocenters. The Kier molecular flexibility index (Phi) is 5.12. The van der Waals surface area contributed by atoms with Crippen LogP contribution >= 0.6 is 0 Å². The Morgan fingerprint density at radius 3 is 2.24 bits per heavy atom. The number of hydrogen-bond donors (Lipinski definition) is 1. The lowest BCUT2D eigenvalue weighted by molar-refractivity contribution is 0.0949. The van der Waals surface area contributed by atoms with E-state index < -0.39 is 0 Å². The minimum atomic E-state index is -0.321. The van der Waals surface area contributed by atoms with Crippen LogP contribution in [0.25, 0.3) is 10.9 Å². The number of nitrogens with zero attached hydrogens (tertiary/aromatic N) is 2. The van der Waals surface area contributed by atoms with E-state index in [2.05, 4.69) is 5.43 Å². The number of pyridine rings is 1. The second kappa shape index (κ2) is 8.02. The molecule has 5 nitrogen and oxygen atoms in total. The zero-order chi connectivity index (χ0) is 20.2. The summed E-state index contributed by atoms with van der Waals surface area (Å²) in [5, 5.41) is 2.53. The van der Waals surface area contributed by atoms with Crippen LogP contribution in [0.2, 0.25) is 0 Å². The van der Waals surface area contributed by atoms with Gasteiger partial charge in [-0.2, -0.15) is 0 Å². The molecule has 0 bridgehead atoms. The van der Waals surface area contributed by atoms with Crippen molar-refractivity contribution in [2.24, 2.45) is 7.05 Å². The number of aryl methyl sites for hydroxylation is 1. The predicted molar refractivity (Wildman–Crippen MR) is 116 cm³/mol. The standard InChI is InChI=1S/C24H21N3O2/c1-26-22-15-9-8-14-20(22)21(16-23(26)28)24(29)25-27(19-12-6-3-7-13-19)17-18-10-4-2-5-11-18/h2-16H,17H2,1H3,(H,25,29). The molecule has 1 aromatic heterocycles. The molecule has 0 aliphatic carbocycles. The molecule has 0 saturated heterocycles. The highest BCUT2D eigenvalue weighted by Crippen LogP contribution is 2.19. The first-order valence-electron chi connectivity index (χ1n) is 9.40. The Labute approximate surface area is 168 Å². The topological polar surface area (TPSA) is 54.3 Å². The van der Waals surface area contributed by atoms with E-state index in [0.29, 0.717) is 12.1 Å². The fourth-order valence-corrected chi connectivity index (χ4v) is 3.35. The van der Waals surface area contributed by atoms with E-state index in [-0.39, 0.29) is 11.5 Å². The van der Waals surface area contributed by atoms with Gasteiger partial charge in [0.2, 0.25) is 0 Å². The molecule has 0 saturated carbocycles. The van der Waals surface area contributed by atoms with Crippen molar-refractivity contribution in [3.05, 3.63) is 112 Å². The van der Waals surface area contributed by atoms with E-state index in [1.165, 1.54) is 6.07 Å². The van der Waals surface area contributed by atoms with Crippen LogP contribution < -0.4 is 16.0 Å². The summed E-state index contributed by atoms with van der Waals surface area (Å²) >= 11 is 0. The molecule has 0 fully saturated rings. The van der Waals surface area contributed by atoms with Crippen molar-refractivity contribution in [1.82, 2.24) is 9.99 Å². The van der Waals surface area contributed by atoms with Crippen molar-refractivity contribution in [3.8, 4) is 0 Å². The SMILES string of the molecule is Cn1c(=O)cc(C(=O)NN(Cc2ccccc2)c2ccccc2)c2ccccc21. The maximum absolute atomic E-state index is 13.2. The first kappa shape index (κ1) is 18.5. The second-order valence-electron chi connectivity index (χ2n) is 6.82. The average Bonchev–Trinajstić information content (AvgIpc) is 2.77. The van der Waals surface area contributed by atoms with Crippen LogP contribution in [0.5, 0.6) is 0 Å². The van der Waals surface area contributed by atoms with Crippen molar-refractivity contribution >= 4 is 22.5 Å². The molecule has 0 unspecified atom stereocenters. The summed E-state index contributed by atoms with van der Waals surface area (Å²) < 4.78 is 1.55. The third-order valence-corrected chi connectivity index (χ3v) is 4.89. The van der Waals surface area contributed by atoms with Gasteiger partial charge in [-0.3, -0.25) is 20.0 Å². The van der Waals surface area contributed by atoms with Crippen molar-refractivity contribution in [2.45, 2.75) is 6.54 Å². The van der Waals surface area contributed by atoms with Gasteiger partial charge in [-0.15, -0.1) is 0 Å². The van der Waals surface area contributed by atoms with Gasteiger partial charge in [0.1, 0.15) is 0 Å². The maximum Gasteiger partial charge on any atom is 0.270 e. The normalized spacial score (nSPS) is 10.7. The van der Waals surface area contributed by atoms with Crippen LogP contribution in [0.15, 0.2) is 95.8 Å². The molecule has 0 aliphatic heterocycles. The highest BCUT2D eigenvalue weighted by atomic mass is 16.2. The van der Waals surface area contributed by atoms with Crippen molar-refractivity contribution < 1.29 is 4.79 Å². The number of carbonyl (C=O) groups is 1. The number of carbonyl (C=O) groups excluding carboxylic acids is 1. The van der Waals surface area contributed by atoms with Crippen LogP contribution in [0.4, 0.5) is 5.69 Å². The largest absolute Gasteiger partial charge is 0.311 e. The van der Waals surface area contributed by atoms with E-state index in [1.807, 2.05) is 84.9 Å². The first-order chi connectivity index (χ1) is 14.1. The Morgan fingerprint density at radius 1 is 0.897 bits per heavy atom. The van der Waals surface area contributed by atoms with Gasteiger partial charge < -0.3 is 4.57 Å². The van der Waals surface area contributed by atoms with Crippen molar-refractivity contribution in [2.75, 3.05) is 5.01 Å². The third kappa shape index (κ3) is 3.89. The number of para-hydroxylation sites is 2. The lowest BCUT2D eigenvalue weighted by Crippen LogP contribution is -2.42. The highest BCUT2D eigenvalue weighted by molar-refractivity contribution is 6.06. The minimum Gasteiger partial charge on any atom is -0.311 e. The summed E-state index contributed by atoms with van der Waals surface area (Å²) in [6, 6.07) is 28.4. The molecule has 0 radical (unpaired) electrons. The van der Waals surface area contributed by atoms with E-state index in [0.717, 1.165) is 22.2 Å². The Balaban J connectivity index is 1.71. The van der Waals surface area contributed by atoms with Crippen LogP contribution in [0.3, 0.4) is 0 Å². The van der Waals surface area contributed by atoms with Crippen LogP contribution in [0, 0.1) is 0 Å². The number of hydrazine groups is 1. The molecule has 4 rings (SSSR count). The molecule has 144 valence electrons. The maximum atomic E-state index is 13.2. The molecule has 0 spiro atoms. The molecule has 1 heterocycles. The zero-order valence-electron chi connectivity index (χ0n) is 16.1. The average molecular weight is 383 g/mol. The minimum absolute atomic E-state index is 0.219. The number of anilines is 1. The summed E-state index contributed by atoms with van der Waals surface area (Å²) in [6.45, 7) is 0.499. The third-order valence-electron chi connectivity index (χ3n) is 4.89. The van der Waals surface area contributed by atoms with Crippen LogP contribution in [-0.2, 0) is 13.6 Å². The van der Waals surface area contributed by atoms with Crippen LogP contribution in [-0.4, -0.2) is 10.5 Å². The molecule has 0 aliphatic rings. The molecule has 3 aromatic carbocycles. The lowest BCUT2D eigenvalue weighted by Gasteiger charge is -2.26. The number of hydrogen-bond acceptors (Lipinski definition) is 3. The fraction of sp³-hybridized carbons (Fsp3) is 0.0833. The summed E-state index contributed by atoms with van der Waals surface area (Å²) in [5.41, 5.74) is 5.76. The monoisotopic (exact) mass is 383 g/mol. The first-order valence-corrected chi connectivity index (χ1v) is 9.40. The molecular formula is C24H21N3O2. The van der Waals surface area contributed by atoms with Crippen LogP contribution in [0.1, 0.15) is 15.9 Å². The number of benzene rings is 3. The smallest absolute Gasteiger partial charge is 0.270 e. The van der Waals surface area contributed by atoms with Gasteiger partial charge in [0, 0.05) is 18.5 Å². The summed E-state index contributed by atoms with van der Waals surface area (Å²) in [5.74, 6) is -0.321. The number of amides is 1.